The summed E-state index contributed by atoms with van der Waals surface area (Å²) in [6.07, 6.45) is 2.33. The maximum Gasteiger partial charge on any atom is 0.242 e. The Bertz CT molecular complexity index is 1490. The zero-order valence-electron chi connectivity index (χ0n) is 28.8. The molecule has 1 aliphatic heterocycles. The Balaban J connectivity index is 0.000000644. The highest BCUT2D eigenvalue weighted by Crippen LogP contribution is 2.44. The number of fused-ring (bicyclic) bond motifs is 3. The number of carbonyl (C=O) groups is 2. The third kappa shape index (κ3) is 9.74. The van der Waals surface area contributed by atoms with Gasteiger partial charge in [0.25, 0.3) is 0 Å². The fourth-order valence-corrected chi connectivity index (χ4v) is 6.33. The summed E-state index contributed by atoms with van der Waals surface area (Å²) in [6, 6.07) is 12.2. The molecular weight excluding hydrogens is 616 g/mol. The lowest BCUT2D eigenvalue weighted by Gasteiger charge is -2.13. The van der Waals surface area contributed by atoms with Crippen molar-refractivity contribution in [3.8, 4) is 22.8 Å². The molecule has 2 atom stereocenters. The molecule has 0 bridgehead atoms. The van der Waals surface area contributed by atoms with Gasteiger partial charge >= 0.3 is 0 Å². The lowest BCUT2D eigenvalue weighted by molar-refractivity contribution is -0.136. The minimum atomic E-state index is -0.288. The number of aromatic amines is 1. The molecule has 256 valence electrons. The smallest absolute Gasteiger partial charge is 0.242 e. The van der Waals surface area contributed by atoms with Crippen molar-refractivity contribution in [3.63, 3.8) is 0 Å². The van der Waals surface area contributed by atoms with Gasteiger partial charge in [0.1, 0.15) is 6.61 Å². The summed E-state index contributed by atoms with van der Waals surface area (Å²) in [5.74, 6) is 4.33. The number of imide groups is 1. The van der Waals surface area contributed by atoms with Gasteiger partial charge in [0.05, 0.1) is 44.5 Å². The lowest BCUT2D eigenvalue weighted by Crippen LogP contribution is -2.26. The highest BCUT2D eigenvalue weighted by atomic mass is 32.2. The summed E-state index contributed by atoms with van der Waals surface area (Å²) < 4.78 is 22.8. The van der Waals surface area contributed by atoms with Crippen LogP contribution >= 0.6 is 11.8 Å². The van der Waals surface area contributed by atoms with Gasteiger partial charge in [0.2, 0.25) is 11.8 Å². The van der Waals surface area contributed by atoms with Crippen LogP contribution in [-0.4, -0.2) is 85.1 Å². The first-order valence-corrected chi connectivity index (χ1v) is 17.5. The third-order valence-corrected chi connectivity index (χ3v) is 9.87. The average molecular weight is 667 g/mol. The molecule has 2 unspecified atom stereocenters. The van der Waals surface area contributed by atoms with Gasteiger partial charge in [-0.1, -0.05) is 46.2 Å². The van der Waals surface area contributed by atoms with Crippen molar-refractivity contribution in [2.45, 2.75) is 59.1 Å². The number of H-pyrrole nitrogens is 1. The molecule has 2 heterocycles. The first-order valence-electron chi connectivity index (χ1n) is 16.4. The molecule has 0 spiro atoms. The van der Waals surface area contributed by atoms with Crippen LogP contribution in [-0.2, 0) is 25.5 Å². The third-order valence-electron chi connectivity index (χ3n) is 8.70. The second-order valence-corrected chi connectivity index (χ2v) is 13.6. The van der Waals surface area contributed by atoms with Crippen LogP contribution < -0.4 is 14.8 Å². The SMILES string of the molecule is CCC(C)C(C)C.COc1cc2c(cc1OCCOCCOCCSC1CC(=O)N(C)C1=O)Cc1c(Nc3cccc(C)c3)n[nH]c1-2. The van der Waals surface area contributed by atoms with E-state index in [2.05, 4.69) is 62.3 Å². The van der Waals surface area contributed by atoms with Crippen LogP contribution in [0.1, 0.15) is 57.2 Å². The van der Waals surface area contributed by atoms with Gasteiger partial charge < -0.3 is 24.3 Å². The van der Waals surface area contributed by atoms with Gasteiger partial charge in [-0.3, -0.25) is 19.6 Å². The number of nitrogens with zero attached hydrogens (tertiary/aromatic N) is 2. The minimum Gasteiger partial charge on any atom is -0.493 e. The van der Waals surface area contributed by atoms with Gasteiger partial charge in [0.15, 0.2) is 17.3 Å². The van der Waals surface area contributed by atoms with Gasteiger partial charge in [-0.25, -0.2) is 0 Å². The monoisotopic (exact) mass is 666 g/mol. The summed E-state index contributed by atoms with van der Waals surface area (Å²) in [7, 11) is 3.16. The molecule has 3 aromatic rings. The maximum absolute atomic E-state index is 11.9. The number of methoxy groups -OCH3 is 1. The number of hydrogen-bond donors (Lipinski definition) is 2. The summed E-state index contributed by atoms with van der Waals surface area (Å²) in [4.78, 5) is 24.7. The minimum absolute atomic E-state index is 0.121. The first kappa shape index (κ1) is 36.3. The molecule has 5 rings (SSSR count). The number of carbonyl (C=O) groups excluding carboxylic acids is 2. The first-order chi connectivity index (χ1) is 22.6. The zero-order chi connectivity index (χ0) is 33.9. The number of hydrogen-bond acceptors (Lipinski definition) is 9. The predicted molar refractivity (Wildman–Crippen MR) is 188 cm³/mol. The van der Waals surface area contributed by atoms with Crippen LogP contribution in [0, 0.1) is 18.8 Å². The number of thioether (sulfide) groups is 1. The van der Waals surface area contributed by atoms with E-state index in [1.54, 1.807) is 7.11 Å². The molecule has 10 nitrogen and oxygen atoms in total. The molecular formula is C36H50N4O6S. The molecule has 0 saturated carbocycles. The second-order valence-electron chi connectivity index (χ2n) is 12.3. The molecule has 1 saturated heterocycles. The summed E-state index contributed by atoms with van der Waals surface area (Å²) >= 11 is 1.46. The van der Waals surface area contributed by atoms with Gasteiger partial charge in [0, 0.05) is 42.5 Å². The van der Waals surface area contributed by atoms with Crippen molar-refractivity contribution in [2.24, 2.45) is 11.8 Å². The van der Waals surface area contributed by atoms with E-state index in [1.807, 2.05) is 24.3 Å². The Kier molecular flexibility index (Phi) is 13.6. The molecule has 1 fully saturated rings. The fraction of sp³-hybridized carbons (Fsp3) is 0.528. The van der Waals surface area contributed by atoms with Crippen molar-refractivity contribution in [3.05, 3.63) is 53.1 Å². The molecule has 2 N–H and O–H groups in total. The lowest BCUT2D eigenvalue weighted by atomic mass is 9.96. The molecule has 0 radical (unpaired) electrons. The number of aryl methyl sites for hydroxylation is 1. The maximum atomic E-state index is 11.9. The summed E-state index contributed by atoms with van der Waals surface area (Å²) in [5.41, 5.74) is 6.51. The normalized spacial score (nSPS) is 15.7. The number of anilines is 2. The van der Waals surface area contributed by atoms with Crippen molar-refractivity contribution in [2.75, 3.05) is 58.3 Å². The zero-order valence-corrected chi connectivity index (χ0v) is 29.6. The van der Waals surface area contributed by atoms with Crippen LogP contribution in [0.15, 0.2) is 36.4 Å². The molecule has 2 aromatic carbocycles. The van der Waals surface area contributed by atoms with E-state index >= 15 is 0 Å². The van der Waals surface area contributed by atoms with Crippen molar-refractivity contribution >= 4 is 35.1 Å². The van der Waals surface area contributed by atoms with Gasteiger partial charge in [-0.2, -0.15) is 5.10 Å². The van der Waals surface area contributed by atoms with Crippen molar-refractivity contribution in [1.29, 1.82) is 0 Å². The van der Waals surface area contributed by atoms with Gasteiger partial charge in [-0.15, -0.1) is 11.8 Å². The second kappa shape index (κ2) is 17.6. The van der Waals surface area contributed by atoms with Crippen LogP contribution in [0.4, 0.5) is 11.5 Å². The number of benzene rings is 2. The Morgan fingerprint density at radius 2 is 1.79 bits per heavy atom. The molecule has 2 amide bonds. The average Bonchev–Trinajstić information content (AvgIpc) is 3.69. The number of amides is 2. The van der Waals surface area contributed by atoms with E-state index in [1.165, 1.54) is 35.7 Å². The highest BCUT2D eigenvalue weighted by Gasteiger charge is 2.36. The van der Waals surface area contributed by atoms with Crippen LogP contribution in [0.3, 0.4) is 0 Å². The Labute approximate surface area is 283 Å². The van der Waals surface area contributed by atoms with E-state index < -0.39 is 0 Å². The van der Waals surface area contributed by atoms with Crippen LogP contribution in [0.2, 0.25) is 0 Å². The summed E-state index contributed by atoms with van der Waals surface area (Å²) in [6.45, 7) is 13.3. The molecule has 1 aliphatic carbocycles. The van der Waals surface area contributed by atoms with E-state index in [0.29, 0.717) is 50.3 Å². The summed E-state index contributed by atoms with van der Waals surface area (Å²) in [5, 5.41) is 10.8. The largest absolute Gasteiger partial charge is 0.493 e. The van der Waals surface area contributed by atoms with Crippen molar-refractivity contribution in [1.82, 2.24) is 15.1 Å². The highest BCUT2D eigenvalue weighted by molar-refractivity contribution is 8.00. The van der Waals surface area contributed by atoms with Crippen LogP contribution in [0.25, 0.3) is 11.3 Å². The van der Waals surface area contributed by atoms with Gasteiger partial charge in [-0.05, 0) is 54.2 Å². The molecule has 1 aromatic heterocycles. The number of nitrogens with one attached hydrogen (secondary N) is 2. The molecule has 47 heavy (non-hydrogen) atoms. The number of aromatic nitrogens is 2. The van der Waals surface area contributed by atoms with Crippen molar-refractivity contribution < 1.29 is 28.5 Å². The topological polar surface area (TPSA) is 115 Å². The number of ether oxygens (including phenoxy) is 4. The standard InChI is InChI=1S/C29H34N4O6S.C7H16/c1-18-5-4-6-20(13-18)30-28-22-14-19-15-24(23(36-3)16-21(19)27(22)31-32-28)39-10-9-37-7-8-38-11-12-40-25-17-26(34)33(2)29(25)35;1-5-7(4)6(2)3/h4-6,13,15-16,25H,7-12,14,17H2,1-3H3,(H2,30,31,32);6-7H,5H2,1-4H3. The Morgan fingerprint density at radius 1 is 1.04 bits per heavy atom. The number of rotatable bonds is 16. The predicted octanol–water partition coefficient (Wildman–Crippen LogP) is 6.63. The van der Waals surface area contributed by atoms with Crippen LogP contribution in [0.5, 0.6) is 11.5 Å². The van der Waals surface area contributed by atoms with E-state index in [-0.39, 0.29) is 23.5 Å². The van der Waals surface area contributed by atoms with E-state index in [4.69, 9.17) is 18.9 Å². The number of likely N-dealkylation sites (tertiary alicyclic amines) is 1. The Morgan fingerprint density at radius 3 is 2.43 bits per heavy atom. The molecule has 11 heteroatoms. The Hall–Kier alpha value is -3.54. The quantitative estimate of drug-likeness (QED) is 0.100. The molecule has 2 aliphatic rings. The van der Waals surface area contributed by atoms with E-state index in [0.717, 1.165) is 52.1 Å². The fourth-order valence-electron chi connectivity index (χ4n) is 5.27. The van der Waals surface area contributed by atoms with E-state index in [9.17, 15) is 9.59 Å².